The Morgan fingerprint density at radius 1 is 1.56 bits per heavy atom. The molecule has 2 unspecified atom stereocenters. The summed E-state index contributed by atoms with van der Waals surface area (Å²) in [6, 6.07) is 3.57. The highest BCUT2D eigenvalue weighted by Gasteiger charge is 2.21. The zero-order chi connectivity index (χ0) is 13.0. The molecule has 0 radical (unpaired) electrons. The van der Waals surface area contributed by atoms with Crippen LogP contribution in [0.15, 0.2) is 16.5 Å². The van der Waals surface area contributed by atoms with Crippen molar-refractivity contribution in [2.45, 2.75) is 43.5 Å². The van der Waals surface area contributed by atoms with Gasteiger partial charge in [0, 0.05) is 11.3 Å². The molecule has 1 heterocycles. The Bertz CT molecular complexity index is 408. The number of nitro groups is 1. The maximum Gasteiger partial charge on any atom is 0.433 e. The molecular weight excluding hydrogens is 252 g/mol. The lowest BCUT2D eigenvalue weighted by molar-refractivity contribution is -0.402. The van der Waals surface area contributed by atoms with Gasteiger partial charge in [-0.15, -0.1) is 0 Å². The minimum atomic E-state index is -0.506. The van der Waals surface area contributed by atoms with Crippen molar-refractivity contribution in [2.75, 3.05) is 6.26 Å². The average Bonchev–Trinajstić information content (AvgIpc) is 2.85. The van der Waals surface area contributed by atoms with E-state index in [1.54, 1.807) is 6.07 Å². The highest BCUT2D eigenvalue weighted by molar-refractivity contribution is 7.99. The van der Waals surface area contributed by atoms with Crippen molar-refractivity contribution < 1.29 is 9.34 Å². The second-order valence-electron chi connectivity index (χ2n) is 4.60. The number of rotatable bonds is 5. The number of thioether (sulfide) groups is 1. The van der Waals surface area contributed by atoms with E-state index in [4.69, 9.17) is 4.42 Å². The van der Waals surface area contributed by atoms with Crippen LogP contribution in [0.25, 0.3) is 0 Å². The van der Waals surface area contributed by atoms with Gasteiger partial charge >= 0.3 is 5.88 Å². The molecule has 0 amide bonds. The summed E-state index contributed by atoms with van der Waals surface area (Å²) < 4.78 is 5.12. The van der Waals surface area contributed by atoms with Gasteiger partial charge in [-0.25, -0.2) is 0 Å². The summed E-state index contributed by atoms with van der Waals surface area (Å²) in [6.07, 6.45) is 7.06. The summed E-state index contributed by atoms with van der Waals surface area (Å²) >= 11 is 1.93. The van der Waals surface area contributed by atoms with Gasteiger partial charge in [0.1, 0.15) is 10.7 Å². The lowest BCUT2D eigenvalue weighted by Crippen LogP contribution is -2.34. The van der Waals surface area contributed by atoms with Crippen LogP contribution >= 0.6 is 11.8 Å². The first-order valence-corrected chi connectivity index (χ1v) is 7.47. The van der Waals surface area contributed by atoms with Gasteiger partial charge in [0.05, 0.1) is 12.6 Å². The fraction of sp³-hybridized carbons (Fsp3) is 0.667. The summed E-state index contributed by atoms with van der Waals surface area (Å²) in [5.41, 5.74) is 0. The van der Waals surface area contributed by atoms with E-state index in [0.29, 0.717) is 18.3 Å². The summed E-state index contributed by atoms with van der Waals surface area (Å²) in [4.78, 5) is 9.98. The predicted octanol–water partition coefficient (Wildman–Crippen LogP) is 2.95. The summed E-state index contributed by atoms with van der Waals surface area (Å²) in [5.74, 6) is 0.449. The molecule has 1 aromatic rings. The van der Waals surface area contributed by atoms with Gasteiger partial charge in [-0.3, -0.25) is 10.1 Å². The average molecular weight is 270 g/mol. The normalized spacial score (nSPS) is 24.1. The Kier molecular flexibility index (Phi) is 4.66. The molecule has 0 aliphatic heterocycles. The third-order valence-electron chi connectivity index (χ3n) is 3.35. The Morgan fingerprint density at radius 3 is 3.06 bits per heavy atom. The van der Waals surface area contributed by atoms with Gasteiger partial charge in [0.25, 0.3) is 0 Å². The molecule has 0 aromatic carbocycles. The number of hydrogen-bond donors (Lipinski definition) is 1. The summed E-state index contributed by atoms with van der Waals surface area (Å²) in [5, 5.41) is 14.7. The Labute approximate surface area is 110 Å². The highest BCUT2D eigenvalue weighted by atomic mass is 32.2. The topological polar surface area (TPSA) is 68.3 Å². The largest absolute Gasteiger partial charge is 0.433 e. The van der Waals surface area contributed by atoms with Crippen LogP contribution in [0.4, 0.5) is 5.88 Å². The van der Waals surface area contributed by atoms with E-state index in [1.165, 1.54) is 31.7 Å². The Morgan fingerprint density at radius 2 is 2.39 bits per heavy atom. The molecule has 0 spiro atoms. The highest BCUT2D eigenvalue weighted by Crippen LogP contribution is 2.27. The first kappa shape index (κ1) is 13.4. The lowest BCUT2D eigenvalue weighted by atomic mass is 9.95. The van der Waals surface area contributed by atoms with Gasteiger partial charge < -0.3 is 9.73 Å². The molecule has 0 saturated heterocycles. The van der Waals surface area contributed by atoms with Crippen molar-refractivity contribution in [1.82, 2.24) is 5.32 Å². The molecule has 2 rings (SSSR count). The van der Waals surface area contributed by atoms with Crippen LogP contribution in [-0.2, 0) is 6.54 Å². The molecule has 0 bridgehead atoms. The zero-order valence-corrected chi connectivity index (χ0v) is 11.2. The SMILES string of the molecule is CSC1CCCC(NCc2ccc([N+](=O)[O-])o2)C1. The lowest BCUT2D eigenvalue weighted by Gasteiger charge is -2.28. The Balaban J connectivity index is 1.81. The Hall–Kier alpha value is -1.01. The molecule has 1 N–H and O–H groups in total. The number of nitrogens with zero attached hydrogens (tertiary/aromatic N) is 1. The number of nitrogens with one attached hydrogen (secondary N) is 1. The molecule has 100 valence electrons. The van der Waals surface area contributed by atoms with Gasteiger partial charge in [0.2, 0.25) is 0 Å². The maximum absolute atomic E-state index is 10.5. The summed E-state index contributed by atoms with van der Waals surface area (Å²) in [6.45, 7) is 0.569. The van der Waals surface area contributed by atoms with Gasteiger partial charge in [-0.2, -0.15) is 11.8 Å². The molecule has 5 nitrogen and oxygen atoms in total. The van der Waals surface area contributed by atoms with Crippen LogP contribution in [0.5, 0.6) is 0 Å². The molecule has 1 aromatic heterocycles. The maximum atomic E-state index is 10.5. The molecule has 1 aliphatic rings. The molecule has 1 fully saturated rings. The van der Waals surface area contributed by atoms with Crippen molar-refractivity contribution in [3.63, 3.8) is 0 Å². The van der Waals surface area contributed by atoms with E-state index in [0.717, 1.165) is 5.25 Å². The quantitative estimate of drug-likeness (QED) is 0.658. The molecular formula is C12H18N2O3S. The van der Waals surface area contributed by atoms with Crippen LogP contribution in [0.2, 0.25) is 0 Å². The van der Waals surface area contributed by atoms with Gasteiger partial charge in [-0.1, -0.05) is 6.42 Å². The van der Waals surface area contributed by atoms with E-state index in [1.807, 2.05) is 11.8 Å². The van der Waals surface area contributed by atoms with Crippen LogP contribution in [0, 0.1) is 10.1 Å². The smallest absolute Gasteiger partial charge is 0.404 e. The predicted molar refractivity (Wildman–Crippen MR) is 71.8 cm³/mol. The number of hydrogen-bond acceptors (Lipinski definition) is 5. The van der Waals surface area contributed by atoms with E-state index < -0.39 is 4.92 Å². The first-order chi connectivity index (χ1) is 8.69. The van der Waals surface area contributed by atoms with Gasteiger partial charge in [0.15, 0.2) is 0 Å². The van der Waals surface area contributed by atoms with Crippen LogP contribution < -0.4 is 5.32 Å². The van der Waals surface area contributed by atoms with E-state index >= 15 is 0 Å². The molecule has 18 heavy (non-hydrogen) atoms. The van der Waals surface area contributed by atoms with Crippen molar-refractivity contribution in [3.8, 4) is 0 Å². The second-order valence-corrected chi connectivity index (χ2v) is 5.74. The molecule has 1 saturated carbocycles. The van der Waals surface area contributed by atoms with Crippen molar-refractivity contribution in [2.24, 2.45) is 0 Å². The van der Waals surface area contributed by atoms with Crippen molar-refractivity contribution in [3.05, 3.63) is 28.0 Å². The van der Waals surface area contributed by atoms with Crippen LogP contribution in [-0.4, -0.2) is 22.5 Å². The van der Waals surface area contributed by atoms with E-state index in [-0.39, 0.29) is 5.88 Å². The standard InChI is InChI=1S/C12H18N2O3S/c1-18-11-4-2-3-9(7-11)13-8-10-5-6-12(17-10)14(15)16/h5-6,9,11,13H,2-4,7-8H2,1H3. The minimum Gasteiger partial charge on any atom is -0.404 e. The zero-order valence-electron chi connectivity index (χ0n) is 10.4. The monoisotopic (exact) mass is 270 g/mol. The van der Waals surface area contributed by atoms with Crippen LogP contribution in [0.1, 0.15) is 31.4 Å². The number of furan rings is 1. The first-order valence-electron chi connectivity index (χ1n) is 6.18. The van der Waals surface area contributed by atoms with Crippen LogP contribution in [0.3, 0.4) is 0 Å². The van der Waals surface area contributed by atoms with E-state index in [2.05, 4.69) is 11.6 Å². The van der Waals surface area contributed by atoms with Gasteiger partial charge in [-0.05, 0) is 31.6 Å². The molecule has 2 atom stereocenters. The van der Waals surface area contributed by atoms with E-state index in [9.17, 15) is 10.1 Å². The fourth-order valence-corrected chi connectivity index (χ4v) is 3.18. The third kappa shape index (κ3) is 3.49. The molecule has 1 aliphatic carbocycles. The second kappa shape index (κ2) is 6.24. The third-order valence-corrected chi connectivity index (χ3v) is 4.45. The minimum absolute atomic E-state index is 0.183. The summed E-state index contributed by atoms with van der Waals surface area (Å²) in [7, 11) is 0. The van der Waals surface area contributed by atoms with Crippen molar-refractivity contribution >= 4 is 17.6 Å². The molecule has 6 heteroatoms. The van der Waals surface area contributed by atoms with Crippen molar-refractivity contribution in [1.29, 1.82) is 0 Å². The fourth-order valence-electron chi connectivity index (χ4n) is 2.35.